The first-order valence-electron chi connectivity index (χ1n) is 3.90. The molecule has 0 N–H and O–H groups in total. The quantitative estimate of drug-likeness (QED) is 0.586. The molecule has 14 heavy (non-hydrogen) atoms. The molecule has 0 saturated heterocycles. The lowest BCUT2D eigenvalue weighted by atomic mass is 10.2. The Hall–Kier alpha value is -0.980. The van der Waals surface area contributed by atoms with E-state index in [0.717, 1.165) is 3.57 Å². The van der Waals surface area contributed by atoms with Crippen molar-refractivity contribution in [3.8, 4) is 11.5 Å². The zero-order chi connectivity index (χ0) is 10.1. The fourth-order valence-corrected chi connectivity index (χ4v) is 1.89. The molecule has 1 aromatic rings. The summed E-state index contributed by atoms with van der Waals surface area (Å²) in [5.74, 6) is 0.659. The van der Waals surface area contributed by atoms with E-state index in [0.29, 0.717) is 17.1 Å². The molecule has 0 amide bonds. The van der Waals surface area contributed by atoms with Crippen molar-refractivity contribution in [2.75, 3.05) is 13.9 Å². The number of benzene rings is 1. The SMILES string of the molecule is COC(=O)c1c(I)ccc2c1OCO2. The minimum Gasteiger partial charge on any atom is -0.465 e. The van der Waals surface area contributed by atoms with Crippen molar-refractivity contribution in [2.45, 2.75) is 0 Å². The van der Waals surface area contributed by atoms with E-state index in [9.17, 15) is 4.79 Å². The van der Waals surface area contributed by atoms with E-state index in [1.54, 1.807) is 12.1 Å². The second kappa shape index (κ2) is 3.64. The number of carbonyl (C=O) groups is 1. The maximum atomic E-state index is 11.4. The maximum absolute atomic E-state index is 11.4. The average Bonchev–Trinajstić information content (AvgIpc) is 2.64. The van der Waals surface area contributed by atoms with Gasteiger partial charge in [-0.05, 0) is 34.7 Å². The van der Waals surface area contributed by atoms with E-state index in [-0.39, 0.29) is 6.79 Å². The molecule has 0 aliphatic carbocycles. The van der Waals surface area contributed by atoms with E-state index in [1.165, 1.54) is 7.11 Å². The zero-order valence-corrected chi connectivity index (χ0v) is 9.53. The third kappa shape index (κ3) is 1.41. The van der Waals surface area contributed by atoms with Crippen LogP contribution in [0, 0.1) is 3.57 Å². The van der Waals surface area contributed by atoms with Gasteiger partial charge in [0.1, 0.15) is 5.56 Å². The lowest BCUT2D eigenvalue weighted by molar-refractivity contribution is 0.0594. The fourth-order valence-electron chi connectivity index (χ4n) is 1.24. The number of fused-ring (bicyclic) bond motifs is 1. The van der Waals surface area contributed by atoms with Crippen LogP contribution in [0.5, 0.6) is 11.5 Å². The molecule has 1 aliphatic heterocycles. The molecule has 74 valence electrons. The normalized spacial score (nSPS) is 12.7. The summed E-state index contributed by atoms with van der Waals surface area (Å²) < 4.78 is 15.8. The Morgan fingerprint density at radius 3 is 3.00 bits per heavy atom. The Balaban J connectivity index is 2.57. The van der Waals surface area contributed by atoms with Gasteiger partial charge in [-0.1, -0.05) is 0 Å². The molecular formula is C9H7IO4. The lowest BCUT2D eigenvalue weighted by Crippen LogP contribution is -2.05. The molecule has 0 fully saturated rings. The first-order chi connectivity index (χ1) is 6.74. The highest BCUT2D eigenvalue weighted by molar-refractivity contribution is 14.1. The van der Waals surface area contributed by atoms with Crippen LogP contribution in [-0.4, -0.2) is 19.9 Å². The number of hydrogen-bond donors (Lipinski definition) is 0. The predicted molar refractivity (Wildman–Crippen MR) is 56.6 cm³/mol. The molecule has 1 aliphatic rings. The average molecular weight is 306 g/mol. The topological polar surface area (TPSA) is 44.8 Å². The number of hydrogen-bond acceptors (Lipinski definition) is 4. The van der Waals surface area contributed by atoms with Gasteiger partial charge in [0.2, 0.25) is 6.79 Å². The van der Waals surface area contributed by atoms with Crippen molar-refractivity contribution in [2.24, 2.45) is 0 Å². The Kier molecular flexibility index (Phi) is 2.49. The van der Waals surface area contributed by atoms with Crippen LogP contribution in [0.4, 0.5) is 0 Å². The molecule has 1 aromatic carbocycles. The maximum Gasteiger partial charge on any atom is 0.342 e. The van der Waals surface area contributed by atoms with Crippen molar-refractivity contribution in [3.63, 3.8) is 0 Å². The summed E-state index contributed by atoms with van der Waals surface area (Å²) in [6, 6.07) is 3.57. The van der Waals surface area contributed by atoms with Crippen molar-refractivity contribution < 1.29 is 19.0 Å². The zero-order valence-electron chi connectivity index (χ0n) is 7.37. The van der Waals surface area contributed by atoms with E-state index in [4.69, 9.17) is 9.47 Å². The summed E-state index contributed by atoms with van der Waals surface area (Å²) in [5, 5.41) is 0. The number of methoxy groups -OCH3 is 1. The first kappa shape index (κ1) is 9.57. The van der Waals surface area contributed by atoms with Crippen LogP contribution in [0.2, 0.25) is 0 Å². The van der Waals surface area contributed by atoms with Gasteiger partial charge in [-0.3, -0.25) is 0 Å². The van der Waals surface area contributed by atoms with Gasteiger partial charge in [0.25, 0.3) is 0 Å². The number of rotatable bonds is 1. The van der Waals surface area contributed by atoms with E-state index >= 15 is 0 Å². The molecule has 2 rings (SSSR count). The summed E-state index contributed by atoms with van der Waals surface area (Å²) in [6.07, 6.45) is 0. The highest BCUT2D eigenvalue weighted by Crippen LogP contribution is 2.38. The van der Waals surface area contributed by atoms with Crippen LogP contribution in [0.3, 0.4) is 0 Å². The molecule has 5 heteroatoms. The molecule has 1 heterocycles. The first-order valence-corrected chi connectivity index (χ1v) is 4.98. The molecule has 0 bridgehead atoms. The van der Waals surface area contributed by atoms with Crippen LogP contribution >= 0.6 is 22.6 Å². The minimum atomic E-state index is -0.406. The van der Waals surface area contributed by atoms with Crippen LogP contribution in [0.1, 0.15) is 10.4 Å². The van der Waals surface area contributed by atoms with Crippen LogP contribution < -0.4 is 9.47 Å². The van der Waals surface area contributed by atoms with Gasteiger partial charge < -0.3 is 14.2 Å². The van der Waals surface area contributed by atoms with Gasteiger partial charge in [0.05, 0.1) is 7.11 Å². The minimum absolute atomic E-state index is 0.152. The summed E-state index contributed by atoms with van der Waals surface area (Å²) in [4.78, 5) is 11.4. The Morgan fingerprint density at radius 1 is 1.50 bits per heavy atom. The van der Waals surface area contributed by atoms with Crippen LogP contribution in [0.25, 0.3) is 0 Å². The number of halogens is 1. The lowest BCUT2D eigenvalue weighted by Gasteiger charge is -2.05. The molecule has 4 nitrogen and oxygen atoms in total. The predicted octanol–water partition coefficient (Wildman–Crippen LogP) is 1.81. The van der Waals surface area contributed by atoms with Crippen LogP contribution in [-0.2, 0) is 4.74 Å². The smallest absolute Gasteiger partial charge is 0.342 e. The van der Waals surface area contributed by atoms with Crippen LogP contribution in [0.15, 0.2) is 12.1 Å². The highest BCUT2D eigenvalue weighted by Gasteiger charge is 2.25. The Morgan fingerprint density at radius 2 is 2.29 bits per heavy atom. The largest absolute Gasteiger partial charge is 0.465 e. The Labute approximate surface area is 94.3 Å². The summed E-state index contributed by atoms with van der Waals surface area (Å²) in [5.41, 5.74) is 0.433. The molecule has 0 unspecified atom stereocenters. The standard InChI is InChI=1S/C9H7IO4/c1-12-9(11)7-5(10)2-3-6-8(7)14-4-13-6/h2-3H,4H2,1H3. The van der Waals surface area contributed by atoms with Gasteiger partial charge in [-0.2, -0.15) is 0 Å². The molecule has 0 aromatic heterocycles. The number of ether oxygens (including phenoxy) is 3. The van der Waals surface area contributed by atoms with Crippen molar-refractivity contribution in [3.05, 3.63) is 21.3 Å². The van der Waals surface area contributed by atoms with E-state index in [1.807, 2.05) is 0 Å². The molecule has 0 saturated carbocycles. The molecular weight excluding hydrogens is 299 g/mol. The number of esters is 1. The summed E-state index contributed by atoms with van der Waals surface area (Å²) in [6.45, 7) is 0.152. The van der Waals surface area contributed by atoms with Gasteiger partial charge in [-0.15, -0.1) is 0 Å². The van der Waals surface area contributed by atoms with Gasteiger partial charge in [0.15, 0.2) is 11.5 Å². The molecule has 0 atom stereocenters. The third-order valence-electron chi connectivity index (χ3n) is 1.88. The van der Waals surface area contributed by atoms with Gasteiger partial charge >= 0.3 is 5.97 Å². The van der Waals surface area contributed by atoms with Crippen molar-refractivity contribution in [1.82, 2.24) is 0 Å². The second-order valence-corrected chi connectivity index (χ2v) is 3.81. The summed E-state index contributed by atoms with van der Waals surface area (Å²) >= 11 is 2.06. The van der Waals surface area contributed by atoms with Gasteiger partial charge in [0, 0.05) is 3.57 Å². The fraction of sp³-hybridized carbons (Fsp3) is 0.222. The molecule has 0 spiro atoms. The highest BCUT2D eigenvalue weighted by atomic mass is 127. The third-order valence-corrected chi connectivity index (χ3v) is 2.78. The van der Waals surface area contributed by atoms with Crippen molar-refractivity contribution >= 4 is 28.6 Å². The van der Waals surface area contributed by atoms with Gasteiger partial charge in [-0.25, -0.2) is 4.79 Å². The van der Waals surface area contributed by atoms with Crippen molar-refractivity contribution in [1.29, 1.82) is 0 Å². The molecule has 0 radical (unpaired) electrons. The number of carbonyl (C=O) groups excluding carboxylic acids is 1. The Bertz CT molecular complexity index is 389. The monoisotopic (exact) mass is 306 g/mol. The second-order valence-electron chi connectivity index (χ2n) is 2.65. The van der Waals surface area contributed by atoms with E-state index in [2.05, 4.69) is 27.3 Å². The van der Waals surface area contributed by atoms with E-state index < -0.39 is 5.97 Å². The summed E-state index contributed by atoms with van der Waals surface area (Å²) in [7, 11) is 1.34.